The first-order valence-electron chi connectivity index (χ1n) is 13.9. The molecule has 0 amide bonds. The van der Waals surface area contributed by atoms with Crippen molar-refractivity contribution >= 4 is 46.5 Å². The number of carbonyl (C=O) groups is 2. The highest BCUT2D eigenvalue weighted by Crippen LogP contribution is 2.30. The Bertz CT molecular complexity index is 1290. The van der Waals surface area contributed by atoms with E-state index >= 15 is 0 Å². The van der Waals surface area contributed by atoms with Gasteiger partial charge < -0.3 is 14.2 Å². The van der Waals surface area contributed by atoms with E-state index in [0.29, 0.717) is 41.1 Å². The molecule has 0 spiro atoms. The number of nitrogens with zero attached hydrogens (tertiary/aromatic N) is 2. The summed E-state index contributed by atoms with van der Waals surface area (Å²) in [7, 11) is 1.32. The minimum Gasteiger partial charge on any atom is -0.492 e. The molecule has 0 atom stereocenters. The highest BCUT2D eigenvalue weighted by atomic mass is 35.5. The summed E-state index contributed by atoms with van der Waals surface area (Å²) in [6.07, 6.45) is 9.86. The third kappa shape index (κ3) is 11.3. The summed E-state index contributed by atoms with van der Waals surface area (Å²) in [6, 6.07) is 9.77. The Morgan fingerprint density at radius 3 is 2.39 bits per heavy atom. The molecule has 0 aliphatic heterocycles. The van der Waals surface area contributed by atoms with E-state index in [0.717, 1.165) is 54.7 Å². The fourth-order valence-electron chi connectivity index (χ4n) is 4.21. The molecule has 0 saturated heterocycles. The Hall–Kier alpha value is -2.68. The zero-order valence-corrected chi connectivity index (χ0v) is 26.5. The van der Waals surface area contributed by atoms with Crippen LogP contribution in [0, 0.1) is 0 Å². The Kier molecular flexibility index (Phi) is 12.9. The van der Waals surface area contributed by atoms with E-state index in [1.54, 1.807) is 0 Å². The number of esters is 2. The number of hydrogen-bond donors (Lipinski definition) is 0. The van der Waals surface area contributed by atoms with E-state index in [1.165, 1.54) is 24.0 Å². The van der Waals surface area contributed by atoms with E-state index in [1.807, 2.05) is 51.2 Å². The van der Waals surface area contributed by atoms with Gasteiger partial charge in [0.25, 0.3) is 0 Å². The normalized spacial score (nSPS) is 11.4. The maximum absolute atomic E-state index is 11.8. The van der Waals surface area contributed by atoms with Gasteiger partial charge in [-0.1, -0.05) is 48.5 Å². The molecule has 0 aliphatic rings. The van der Waals surface area contributed by atoms with Crippen LogP contribution in [-0.4, -0.2) is 41.2 Å². The van der Waals surface area contributed by atoms with Crippen molar-refractivity contribution in [1.82, 2.24) is 9.97 Å². The number of aromatic nitrogens is 2. The SMILES string of the molecule is COC(=O)c1nc(Cl)sc1CCCOc1ccc(-c2ccc(CCCCCCCC(=O)OC(C)(C)C)cn2)cc1Cl. The van der Waals surface area contributed by atoms with Crippen molar-refractivity contribution in [1.29, 1.82) is 0 Å². The third-order valence-corrected chi connectivity index (χ3v) is 7.69. The predicted molar refractivity (Wildman–Crippen MR) is 164 cm³/mol. The van der Waals surface area contributed by atoms with E-state index < -0.39 is 11.6 Å². The molecule has 3 aromatic rings. The second-order valence-electron chi connectivity index (χ2n) is 10.7. The molecule has 0 N–H and O–H groups in total. The van der Waals surface area contributed by atoms with Crippen molar-refractivity contribution in [2.45, 2.75) is 84.2 Å². The molecule has 222 valence electrons. The van der Waals surface area contributed by atoms with Crippen molar-refractivity contribution in [2.24, 2.45) is 0 Å². The van der Waals surface area contributed by atoms with Crippen LogP contribution in [0.5, 0.6) is 5.75 Å². The van der Waals surface area contributed by atoms with E-state index in [-0.39, 0.29) is 11.7 Å². The Labute approximate surface area is 256 Å². The Morgan fingerprint density at radius 2 is 1.71 bits per heavy atom. The highest BCUT2D eigenvalue weighted by Gasteiger charge is 2.18. The lowest BCUT2D eigenvalue weighted by Crippen LogP contribution is -2.23. The number of carbonyl (C=O) groups excluding carboxylic acids is 2. The summed E-state index contributed by atoms with van der Waals surface area (Å²) in [5.74, 6) is -0.0143. The van der Waals surface area contributed by atoms with Crippen LogP contribution in [-0.2, 0) is 27.1 Å². The number of hydrogen-bond acceptors (Lipinski definition) is 8. The van der Waals surface area contributed by atoms with Crippen molar-refractivity contribution in [3.63, 3.8) is 0 Å². The van der Waals surface area contributed by atoms with Gasteiger partial charge in [-0.15, -0.1) is 11.3 Å². The van der Waals surface area contributed by atoms with Crippen molar-refractivity contribution in [2.75, 3.05) is 13.7 Å². The van der Waals surface area contributed by atoms with Crippen LogP contribution < -0.4 is 4.74 Å². The van der Waals surface area contributed by atoms with E-state index in [9.17, 15) is 9.59 Å². The molecular formula is C31H38Cl2N2O5S. The van der Waals surface area contributed by atoms with Gasteiger partial charge in [-0.25, -0.2) is 9.78 Å². The zero-order valence-electron chi connectivity index (χ0n) is 24.1. The number of rotatable bonds is 15. The molecule has 0 radical (unpaired) electrons. The van der Waals surface area contributed by atoms with E-state index in [2.05, 4.69) is 16.0 Å². The van der Waals surface area contributed by atoms with Crippen LogP contribution in [0.2, 0.25) is 9.49 Å². The number of aryl methyl sites for hydroxylation is 2. The minimum absolute atomic E-state index is 0.113. The molecule has 2 aromatic heterocycles. The lowest BCUT2D eigenvalue weighted by Gasteiger charge is -2.19. The highest BCUT2D eigenvalue weighted by molar-refractivity contribution is 7.16. The number of unbranched alkanes of at least 4 members (excludes halogenated alkanes) is 4. The quantitative estimate of drug-likeness (QED) is 0.124. The summed E-state index contributed by atoms with van der Waals surface area (Å²) in [6.45, 7) is 6.10. The molecule has 2 heterocycles. The summed E-state index contributed by atoms with van der Waals surface area (Å²) in [5, 5.41) is 0.510. The van der Waals surface area contributed by atoms with Gasteiger partial charge in [0.1, 0.15) is 11.4 Å². The average Bonchev–Trinajstić information content (AvgIpc) is 3.30. The maximum Gasteiger partial charge on any atom is 0.357 e. The van der Waals surface area contributed by atoms with Crippen LogP contribution >= 0.6 is 34.5 Å². The van der Waals surface area contributed by atoms with Gasteiger partial charge in [0.05, 0.1) is 24.4 Å². The standard InChI is InChI=1S/C31H38Cl2N2O5S/c1-31(2,3)40-27(36)13-9-7-5-6-8-11-21-14-16-24(34-20-21)22-15-17-25(23(32)19-22)39-18-10-12-26-28(29(37)38-4)35-30(33)41-26/h14-17,19-20H,5-13,18H2,1-4H3. The van der Waals surface area contributed by atoms with Crippen LogP contribution in [0.4, 0.5) is 0 Å². The largest absolute Gasteiger partial charge is 0.492 e. The van der Waals surface area contributed by atoms with Crippen molar-refractivity contribution in [3.8, 4) is 17.0 Å². The van der Waals surface area contributed by atoms with Crippen LogP contribution in [0.3, 0.4) is 0 Å². The van der Waals surface area contributed by atoms with Crippen molar-refractivity contribution < 1.29 is 23.8 Å². The number of benzene rings is 1. The first-order chi connectivity index (χ1) is 19.6. The van der Waals surface area contributed by atoms with Gasteiger partial charge in [0.2, 0.25) is 0 Å². The molecule has 0 saturated carbocycles. The zero-order chi connectivity index (χ0) is 29.8. The fraction of sp³-hybridized carbons (Fsp3) is 0.484. The number of ether oxygens (including phenoxy) is 3. The molecular weight excluding hydrogens is 583 g/mol. The van der Waals surface area contributed by atoms with Crippen LogP contribution in [0.15, 0.2) is 36.5 Å². The number of halogens is 2. The molecule has 0 unspecified atom stereocenters. The molecule has 3 rings (SSSR count). The summed E-state index contributed by atoms with van der Waals surface area (Å²) < 4.78 is 16.3. The molecule has 0 fully saturated rings. The smallest absolute Gasteiger partial charge is 0.357 e. The molecule has 41 heavy (non-hydrogen) atoms. The molecule has 0 aliphatic carbocycles. The summed E-state index contributed by atoms with van der Waals surface area (Å²) >= 11 is 13.7. The average molecular weight is 622 g/mol. The lowest BCUT2D eigenvalue weighted by atomic mass is 10.0. The monoisotopic (exact) mass is 620 g/mol. The minimum atomic E-state index is -0.492. The maximum atomic E-state index is 11.8. The first-order valence-corrected chi connectivity index (χ1v) is 15.5. The van der Waals surface area contributed by atoms with Crippen LogP contribution in [0.1, 0.15) is 86.6 Å². The van der Waals surface area contributed by atoms with E-state index in [4.69, 9.17) is 37.4 Å². The third-order valence-electron chi connectivity index (χ3n) is 6.17. The van der Waals surface area contributed by atoms with Gasteiger partial charge in [-0.05, 0) is 82.7 Å². The number of thiazole rings is 1. The molecule has 1 aromatic carbocycles. The lowest BCUT2D eigenvalue weighted by molar-refractivity contribution is -0.154. The first kappa shape index (κ1) is 32.8. The molecule has 10 heteroatoms. The number of methoxy groups -OCH3 is 1. The van der Waals surface area contributed by atoms with Gasteiger partial charge in [-0.2, -0.15) is 0 Å². The topological polar surface area (TPSA) is 87.6 Å². The molecule has 7 nitrogen and oxygen atoms in total. The van der Waals surface area contributed by atoms with Crippen molar-refractivity contribution in [3.05, 3.63) is 62.2 Å². The van der Waals surface area contributed by atoms with Gasteiger partial charge >= 0.3 is 11.9 Å². The summed E-state index contributed by atoms with van der Waals surface area (Å²) in [5.41, 5.74) is 2.81. The Morgan fingerprint density at radius 1 is 0.951 bits per heavy atom. The summed E-state index contributed by atoms with van der Waals surface area (Å²) in [4.78, 5) is 33.1. The number of pyridine rings is 1. The Balaban J connectivity index is 1.38. The second-order valence-corrected chi connectivity index (χ2v) is 12.8. The molecule has 0 bridgehead atoms. The predicted octanol–water partition coefficient (Wildman–Crippen LogP) is 8.53. The second kappa shape index (κ2) is 16.1. The fourth-order valence-corrected chi connectivity index (χ4v) is 5.62. The van der Waals surface area contributed by atoms with Gasteiger partial charge in [0, 0.05) is 23.1 Å². The van der Waals surface area contributed by atoms with Gasteiger partial charge in [0.15, 0.2) is 10.2 Å². The van der Waals surface area contributed by atoms with Crippen LogP contribution in [0.25, 0.3) is 11.3 Å². The van der Waals surface area contributed by atoms with Gasteiger partial charge in [-0.3, -0.25) is 9.78 Å².